The topological polar surface area (TPSA) is 86.8 Å². The van der Waals surface area contributed by atoms with Crippen LogP contribution in [0.25, 0.3) is 0 Å². The van der Waals surface area contributed by atoms with Crippen LogP contribution >= 0.6 is 0 Å². The third kappa shape index (κ3) is 7.25. The van der Waals surface area contributed by atoms with Crippen LogP contribution in [-0.4, -0.2) is 50.0 Å². The SMILES string of the molecule is CC[C@H](C(=O)NC1CCCCC1)N(Cc1ccccc1)C(=O)CN(c1ccc(F)c(F)c1)S(C)(=O)=O. The minimum Gasteiger partial charge on any atom is -0.352 e. The summed E-state index contributed by atoms with van der Waals surface area (Å²) in [6.07, 6.45) is 6.17. The third-order valence-corrected chi connectivity index (χ3v) is 7.54. The maximum atomic E-state index is 13.9. The quantitative estimate of drug-likeness (QED) is 0.512. The highest BCUT2D eigenvalue weighted by atomic mass is 32.2. The fraction of sp³-hybridized carbons (Fsp3) is 0.462. The van der Waals surface area contributed by atoms with Crippen molar-refractivity contribution in [1.29, 1.82) is 0 Å². The van der Waals surface area contributed by atoms with Crippen molar-refractivity contribution in [3.8, 4) is 0 Å². The Morgan fingerprint density at radius 2 is 1.69 bits per heavy atom. The maximum Gasteiger partial charge on any atom is 0.244 e. The van der Waals surface area contributed by atoms with Gasteiger partial charge in [0, 0.05) is 18.7 Å². The van der Waals surface area contributed by atoms with Gasteiger partial charge in [-0.1, -0.05) is 56.5 Å². The number of carbonyl (C=O) groups is 2. The Labute approximate surface area is 211 Å². The predicted octanol–water partition coefficient (Wildman–Crippen LogP) is 3.99. The van der Waals surface area contributed by atoms with Crippen molar-refractivity contribution in [2.45, 2.75) is 64.1 Å². The summed E-state index contributed by atoms with van der Waals surface area (Å²) in [5, 5.41) is 3.06. The van der Waals surface area contributed by atoms with E-state index in [9.17, 15) is 26.8 Å². The number of carbonyl (C=O) groups excluding carboxylic acids is 2. The number of nitrogens with zero attached hydrogens (tertiary/aromatic N) is 2. The molecular weight excluding hydrogens is 488 g/mol. The fourth-order valence-corrected chi connectivity index (χ4v) is 5.34. The number of anilines is 1. The van der Waals surface area contributed by atoms with Crippen LogP contribution in [0.1, 0.15) is 51.0 Å². The molecule has 1 aliphatic rings. The van der Waals surface area contributed by atoms with E-state index in [1.165, 1.54) is 4.90 Å². The lowest BCUT2D eigenvalue weighted by atomic mass is 9.95. The average molecular weight is 522 g/mol. The first-order valence-corrected chi connectivity index (χ1v) is 14.0. The zero-order chi connectivity index (χ0) is 26.3. The molecule has 0 heterocycles. The molecule has 1 fully saturated rings. The van der Waals surface area contributed by atoms with Gasteiger partial charge in [-0.3, -0.25) is 13.9 Å². The third-order valence-electron chi connectivity index (χ3n) is 6.40. The summed E-state index contributed by atoms with van der Waals surface area (Å²) in [6, 6.07) is 10.9. The van der Waals surface area contributed by atoms with Crippen LogP contribution in [0.4, 0.5) is 14.5 Å². The van der Waals surface area contributed by atoms with Crippen molar-refractivity contribution in [3.05, 3.63) is 65.7 Å². The van der Waals surface area contributed by atoms with Gasteiger partial charge in [0.1, 0.15) is 12.6 Å². The maximum absolute atomic E-state index is 13.9. The molecule has 1 atom stereocenters. The summed E-state index contributed by atoms with van der Waals surface area (Å²) in [5.41, 5.74) is 0.595. The molecule has 2 aromatic rings. The normalized spacial score (nSPS) is 15.2. The molecule has 2 amide bonds. The van der Waals surface area contributed by atoms with Crippen molar-refractivity contribution < 1.29 is 26.8 Å². The van der Waals surface area contributed by atoms with E-state index in [4.69, 9.17) is 0 Å². The Balaban J connectivity index is 1.90. The molecule has 1 N–H and O–H groups in total. The zero-order valence-corrected chi connectivity index (χ0v) is 21.4. The molecule has 0 spiro atoms. The Morgan fingerprint density at radius 3 is 2.28 bits per heavy atom. The van der Waals surface area contributed by atoms with E-state index in [2.05, 4.69) is 5.32 Å². The summed E-state index contributed by atoms with van der Waals surface area (Å²) in [6.45, 7) is 1.22. The first-order chi connectivity index (χ1) is 17.1. The number of hydrogen-bond acceptors (Lipinski definition) is 4. The highest BCUT2D eigenvalue weighted by Gasteiger charge is 2.33. The highest BCUT2D eigenvalue weighted by Crippen LogP contribution is 2.23. The van der Waals surface area contributed by atoms with Crippen LogP contribution in [0.5, 0.6) is 0 Å². The number of nitrogens with one attached hydrogen (secondary N) is 1. The van der Waals surface area contributed by atoms with Gasteiger partial charge in [-0.05, 0) is 37.0 Å². The van der Waals surface area contributed by atoms with E-state index in [1.807, 2.05) is 30.3 Å². The monoisotopic (exact) mass is 521 g/mol. The Bertz CT molecular complexity index is 1160. The fourth-order valence-electron chi connectivity index (χ4n) is 4.50. The minimum absolute atomic E-state index is 0.0451. The molecule has 0 aliphatic heterocycles. The van der Waals surface area contributed by atoms with E-state index in [0.29, 0.717) is 6.42 Å². The zero-order valence-electron chi connectivity index (χ0n) is 20.6. The van der Waals surface area contributed by atoms with Gasteiger partial charge in [0.05, 0.1) is 11.9 Å². The second-order valence-electron chi connectivity index (χ2n) is 9.14. The smallest absolute Gasteiger partial charge is 0.244 e. The number of hydrogen-bond donors (Lipinski definition) is 1. The Kier molecular flexibility index (Phi) is 9.42. The number of sulfonamides is 1. The van der Waals surface area contributed by atoms with E-state index < -0.39 is 40.2 Å². The molecule has 0 aromatic heterocycles. The van der Waals surface area contributed by atoms with Crippen LogP contribution in [-0.2, 0) is 26.2 Å². The number of benzene rings is 2. The molecule has 7 nitrogen and oxygen atoms in total. The van der Waals surface area contributed by atoms with Gasteiger partial charge >= 0.3 is 0 Å². The molecule has 10 heteroatoms. The van der Waals surface area contributed by atoms with Crippen LogP contribution in [0.2, 0.25) is 0 Å². The van der Waals surface area contributed by atoms with Crippen LogP contribution in [0.3, 0.4) is 0 Å². The summed E-state index contributed by atoms with van der Waals surface area (Å²) in [5.74, 6) is -3.27. The summed E-state index contributed by atoms with van der Waals surface area (Å²) >= 11 is 0. The number of halogens is 2. The molecule has 36 heavy (non-hydrogen) atoms. The van der Waals surface area contributed by atoms with Crippen molar-refractivity contribution in [2.75, 3.05) is 17.1 Å². The molecule has 0 bridgehead atoms. The van der Waals surface area contributed by atoms with Gasteiger partial charge in [-0.2, -0.15) is 0 Å². The van der Waals surface area contributed by atoms with E-state index in [1.54, 1.807) is 6.92 Å². The van der Waals surface area contributed by atoms with E-state index in [0.717, 1.165) is 66.4 Å². The second-order valence-corrected chi connectivity index (χ2v) is 11.0. The van der Waals surface area contributed by atoms with E-state index in [-0.39, 0.29) is 24.2 Å². The molecule has 0 saturated heterocycles. The van der Waals surface area contributed by atoms with Crippen molar-refractivity contribution >= 4 is 27.5 Å². The lowest BCUT2D eigenvalue weighted by Gasteiger charge is -2.34. The van der Waals surface area contributed by atoms with Gasteiger partial charge < -0.3 is 10.2 Å². The first-order valence-electron chi connectivity index (χ1n) is 12.2. The molecule has 3 rings (SSSR count). The predicted molar refractivity (Wildman–Crippen MR) is 135 cm³/mol. The molecule has 1 saturated carbocycles. The summed E-state index contributed by atoms with van der Waals surface area (Å²) in [4.78, 5) is 28.3. The molecule has 2 aromatic carbocycles. The molecule has 0 radical (unpaired) electrons. The van der Waals surface area contributed by atoms with Gasteiger partial charge in [-0.15, -0.1) is 0 Å². The highest BCUT2D eigenvalue weighted by molar-refractivity contribution is 7.92. The summed E-state index contributed by atoms with van der Waals surface area (Å²) < 4.78 is 53.1. The number of rotatable bonds is 10. The van der Waals surface area contributed by atoms with Gasteiger partial charge in [-0.25, -0.2) is 17.2 Å². The van der Waals surface area contributed by atoms with Crippen molar-refractivity contribution in [3.63, 3.8) is 0 Å². The lowest BCUT2D eigenvalue weighted by Crippen LogP contribution is -2.53. The standard InChI is InChI=1S/C26H33F2N3O4S/c1-3-24(26(33)29-20-12-8-5-9-13-20)30(17-19-10-6-4-7-11-19)25(32)18-31(36(2,34)35)21-14-15-22(27)23(28)16-21/h4,6-7,10-11,14-16,20,24H,3,5,8-9,12-13,17-18H2,1-2H3,(H,29,33)/t24-/m1/s1. The number of amides is 2. The Hall–Kier alpha value is -3.01. The molecular formula is C26H33F2N3O4S. The molecule has 0 unspecified atom stereocenters. The second kappa shape index (κ2) is 12.3. The minimum atomic E-state index is -4.03. The van der Waals surface area contributed by atoms with Gasteiger partial charge in [0.15, 0.2) is 11.6 Å². The van der Waals surface area contributed by atoms with E-state index >= 15 is 0 Å². The van der Waals surface area contributed by atoms with Crippen molar-refractivity contribution in [2.24, 2.45) is 0 Å². The van der Waals surface area contributed by atoms with Gasteiger partial charge in [0.2, 0.25) is 21.8 Å². The Morgan fingerprint density at radius 1 is 1.03 bits per heavy atom. The largest absolute Gasteiger partial charge is 0.352 e. The van der Waals surface area contributed by atoms with Gasteiger partial charge in [0.25, 0.3) is 0 Å². The van der Waals surface area contributed by atoms with Crippen LogP contribution in [0.15, 0.2) is 48.5 Å². The van der Waals surface area contributed by atoms with Crippen LogP contribution in [0, 0.1) is 11.6 Å². The molecule has 196 valence electrons. The first kappa shape index (κ1) is 27.6. The van der Waals surface area contributed by atoms with Crippen molar-refractivity contribution in [1.82, 2.24) is 10.2 Å². The summed E-state index contributed by atoms with van der Waals surface area (Å²) in [7, 11) is -4.03. The van der Waals surface area contributed by atoms with Crippen LogP contribution < -0.4 is 9.62 Å². The average Bonchev–Trinajstić information content (AvgIpc) is 2.84. The molecule has 1 aliphatic carbocycles. The lowest BCUT2D eigenvalue weighted by molar-refractivity contribution is -0.140.